The molecule has 0 aliphatic heterocycles. The monoisotopic (exact) mass is 404 g/mol. The van der Waals surface area contributed by atoms with E-state index < -0.39 is 54.4 Å². The molecule has 0 aromatic heterocycles. The number of carbonyl (C=O) groups is 4. The Morgan fingerprint density at radius 3 is 2.11 bits per heavy atom. The summed E-state index contributed by atoms with van der Waals surface area (Å²) < 4.78 is 0. The number of amides is 2. The van der Waals surface area contributed by atoms with E-state index in [9.17, 15) is 24.3 Å². The van der Waals surface area contributed by atoms with Gasteiger partial charge in [0.15, 0.2) is 5.96 Å². The van der Waals surface area contributed by atoms with E-state index in [0.29, 0.717) is 6.42 Å². The molecule has 28 heavy (non-hydrogen) atoms. The van der Waals surface area contributed by atoms with Crippen LogP contribution in [0.3, 0.4) is 0 Å². The largest absolute Gasteiger partial charge is 0.481 e. The van der Waals surface area contributed by atoms with E-state index in [-0.39, 0.29) is 25.3 Å². The van der Waals surface area contributed by atoms with Crippen LogP contribution in [0, 0.1) is 0 Å². The number of aliphatic hydroxyl groups excluding tert-OH is 1. The van der Waals surface area contributed by atoms with E-state index in [1.165, 1.54) is 6.92 Å². The van der Waals surface area contributed by atoms with Crippen molar-refractivity contribution in [3.8, 4) is 0 Å². The Morgan fingerprint density at radius 1 is 1.04 bits per heavy atom. The van der Waals surface area contributed by atoms with Gasteiger partial charge in [-0.2, -0.15) is 0 Å². The lowest BCUT2D eigenvalue weighted by Gasteiger charge is -2.24. The number of nitrogens with two attached hydrogens (primary N) is 3. The van der Waals surface area contributed by atoms with E-state index in [1.54, 1.807) is 0 Å². The summed E-state index contributed by atoms with van der Waals surface area (Å²) >= 11 is 0. The first-order valence-electron chi connectivity index (χ1n) is 8.50. The van der Waals surface area contributed by atoms with Crippen molar-refractivity contribution in [2.75, 3.05) is 6.54 Å². The van der Waals surface area contributed by atoms with Gasteiger partial charge in [-0.15, -0.1) is 0 Å². The fourth-order valence-electron chi connectivity index (χ4n) is 2.10. The zero-order valence-electron chi connectivity index (χ0n) is 15.5. The number of nitrogens with one attached hydrogen (secondary N) is 2. The van der Waals surface area contributed by atoms with Crippen molar-refractivity contribution < 1.29 is 34.5 Å². The maximum absolute atomic E-state index is 12.3. The molecule has 13 heteroatoms. The first-order chi connectivity index (χ1) is 13.0. The number of aliphatic carboxylic acids is 2. The van der Waals surface area contributed by atoms with Crippen molar-refractivity contribution >= 4 is 29.7 Å². The number of nitrogens with zero attached hydrogens (tertiary/aromatic N) is 1. The van der Waals surface area contributed by atoms with Gasteiger partial charge < -0.3 is 43.2 Å². The molecule has 4 atom stereocenters. The van der Waals surface area contributed by atoms with Crippen LogP contribution in [0.5, 0.6) is 0 Å². The normalized spacial score (nSPS) is 14.8. The van der Waals surface area contributed by atoms with E-state index in [0.717, 1.165) is 0 Å². The summed E-state index contributed by atoms with van der Waals surface area (Å²) in [6.07, 6.45) is -1.60. The Labute approximate surface area is 161 Å². The van der Waals surface area contributed by atoms with Crippen molar-refractivity contribution in [2.24, 2.45) is 22.2 Å². The first kappa shape index (κ1) is 25.1. The summed E-state index contributed by atoms with van der Waals surface area (Å²) in [5.74, 6) is -4.48. The predicted octanol–water partition coefficient (Wildman–Crippen LogP) is -3.33. The SMILES string of the molecule is C[C@@H](O)[C@H](NC(=O)[C@@H](N)CCCN=C(N)N)C(=O)N[C@@H](CCC(=O)O)C(=O)O. The van der Waals surface area contributed by atoms with E-state index in [4.69, 9.17) is 27.4 Å². The average molecular weight is 404 g/mol. The third-order valence-electron chi connectivity index (χ3n) is 3.63. The Balaban J connectivity index is 4.83. The van der Waals surface area contributed by atoms with Gasteiger partial charge in [-0.1, -0.05) is 0 Å². The highest BCUT2D eigenvalue weighted by Gasteiger charge is 2.31. The molecule has 0 radical (unpaired) electrons. The number of carbonyl (C=O) groups excluding carboxylic acids is 2. The lowest BCUT2D eigenvalue weighted by atomic mass is 10.1. The molecule has 0 bridgehead atoms. The highest BCUT2D eigenvalue weighted by molar-refractivity contribution is 5.92. The number of carboxylic acid groups (broad SMARTS) is 2. The molecule has 0 aromatic carbocycles. The van der Waals surface area contributed by atoms with E-state index in [2.05, 4.69) is 15.6 Å². The smallest absolute Gasteiger partial charge is 0.326 e. The van der Waals surface area contributed by atoms with Gasteiger partial charge in [0.2, 0.25) is 11.8 Å². The van der Waals surface area contributed by atoms with Crippen LogP contribution in [-0.2, 0) is 19.2 Å². The average Bonchev–Trinajstić information content (AvgIpc) is 2.58. The molecule has 0 spiro atoms. The quantitative estimate of drug-likeness (QED) is 0.0861. The van der Waals surface area contributed by atoms with Crippen LogP contribution in [0.4, 0.5) is 0 Å². The lowest BCUT2D eigenvalue weighted by Crippen LogP contribution is -2.58. The Morgan fingerprint density at radius 2 is 1.64 bits per heavy atom. The Bertz CT molecular complexity index is 591. The number of carboxylic acids is 2. The summed E-state index contributed by atoms with van der Waals surface area (Å²) in [4.78, 5) is 49.8. The number of aliphatic imine (C=N–C) groups is 1. The van der Waals surface area contributed by atoms with Crippen molar-refractivity contribution in [1.82, 2.24) is 10.6 Å². The first-order valence-corrected chi connectivity index (χ1v) is 8.50. The van der Waals surface area contributed by atoms with Crippen molar-refractivity contribution in [1.29, 1.82) is 0 Å². The summed E-state index contributed by atoms with van der Waals surface area (Å²) in [5.41, 5.74) is 16.1. The Kier molecular flexibility index (Phi) is 11.2. The van der Waals surface area contributed by atoms with Gasteiger partial charge in [0.1, 0.15) is 12.1 Å². The van der Waals surface area contributed by atoms with E-state index >= 15 is 0 Å². The second-order valence-corrected chi connectivity index (χ2v) is 6.11. The van der Waals surface area contributed by atoms with Crippen LogP contribution in [-0.4, -0.2) is 75.8 Å². The minimum atomic E-state index is -1.49. The topological polar surface area (TPSA) is 243 Å². The van der Waals surface area contributed by atoms with Gasteiger partial charge in [-0.25, -0.2) is 4.79 Å². The zero-order valence-corrected chi connectivity index (χ0v) is 15.5. The fourth-order valence-corrected chi connectivity index (χ4v) is 2.10. The van der Waals surface area contributed by atoms with Gasteiger partial charge in [0, 0.05) is 13.0 Å². The molecule has 0 saturated heterocycles. The third-order valence-corrected chi connectivity index (χ3v) is 3.63. The maximum atomic E-state index is 12.3. The van der Waals surface area contributed by atoms with Gasteiger partial charge in [-0.3, -0.25) is 19.4 Å². The lowest BCUT2D eigenvalue weighted by molar-refractivity contribution is -0.144. The van der Waals surface area contributed by atoms with Crippen LogP contribution in [0.25, 0.3) is 0 Å². The second kappa shape index (κ2) is 12.5. The summed E-state index contributed by atoms with van der Waals surface area (Å²) in [5, 5.41) is 31.8. The van der Waals surface area contributed by atoms with Gasteiger partial charge in [-0.05, 0) is 26.2 Å². The zero-order chi connectivity index (χ0) is 21.9. The van der Waals surface area contributed by atoms with Crippen molar-refractivity contribution in [3.05, 3.63) is 0 Å². The number of rotatable bonds is 13. The molecule has 0 rings (SSSR count). The molecule has 13 nitrogen and oxygen atoms in total. The summed E-state index contributed by atoms with van der Waals surface area (Å²) in [7, 11) is 0. The molecule has 0 aliphatic carbocycles. The molecule has 11 N–H and O–H groups in total. The minimum absolute atomic E-state index is 0.0975. The molecule has 0 unspecified atom stereocenters. The molecule has 160 valence electrons. The second-order valence-electron chi connectivity index (χ2n) is 6.11. The standard InChI is InChI=1S/C15H28N6O7/c1-7(22)11(13(26)20-9(14(27)28)4-5-10(23)24)21-12(25)8(16)3-2-6-19-15(17)18/h7-9,11,22H,2-6,16H2,1H3,(H,20,26)(H,21,25)(H,23,24)(H,27,28)(H4,17,18,19)/t7-,8+,9+,11+/m1/s1. The van der Waals surface area contributed by atoms with Gasteiger partial charge in [0.25, 0.3) is 0 Å². The van der Waals surface area contributed by atoms with Crippen LogP contribution in [0.2, 0.25) is 0 Å². The number of hydrogen-bond acceptors (Lipinski definition) is 7. The molecule has 0 heterocycles. The van der Waals surface area contributed by atoms with Gasteiger partial charge >= 0.3 is 11.9 Å². The fraction of sp³-hybridized carbons (Fsp3) is 0.667. The van der Waals surface area contributed by atoms with Crippen LogP contribution < -0.4 is 27.8 Å². The summed E-state index contributed by atoms with van der Waals surface area (Å²) in [6, 6.07) is -3.97. The third kappa shape index (κ3) is 10.3. The van der Waals surface area contributed by atoms with Gasteiger partial charge in [0.05, 0.1) is 12.1 Å². The van der Waals surface area contributed by atoms with Crippen molar-refractivity contribution in [3.63, 3.8) is 0 Å². The molecule has 2 amide bonds. The molecular weight excluding hydrogens is 376 g/mol. The molecule has 0 fully saturated rings. The molecule has 0 aromatic rings. The molecular formula is C15H28N6O7. The van der Waals surface area contributed by atoms with Crippen LogP contribution in [0.1, 0.15) is 32.6 Å². The van der Waals surface area contributed by atoms with E-state index in [1.807, 2.05) is 0 Å². The number of hydrogen-bond donors (Lipinski definition) is 8. The molecule has 0 saturated carbocycles. The minimum Gasteiger partial charge on any atom is -0.481 e. The highest BCUT2D eigenvalue weighted by Crippen LogP contribution is 2.03. The predicted molar refractivity (Wildman–Crippen MR) is 97.9 cm³/mol. The van der Waals surface area contributed by atoms with Crippen LogP contribution in [0.15, 0.2) is 4.99 Å². The Hall–Kier alpha value is -2.93. The van der Waals surface area contributed by atoms with Crippen LogP contribution >= 0.6 is 0 Å². The highest BCUT2D eigenvalue weighted by atomic mass is 16.4. The number of aliphatic hydroxyl groups is 1. The summed E-state index contributed by atoms with van der Waals surface area (Å²) in [6.45, 7) is 1.48. The molecule has 0 aliphatic rings. The van der Waals surface area contributed by atoms with Crippen molar-refractivity contribution in [2.45, 2.75) is 56.8 Å². The maximum Gasteiger partial charge on any atom is 0.326 e. The number of guanidine groups is 1.